The van der Waals surface area contributed by atoms with Crippen LogP contribution in [0.5, 0.6) is 0 Å². The summed E-state index contributed by atoms with van der Waals surface area (Å²) in [6.07, 6.45) is -3.44. The van der Waals surface area contributed by atoms with Gasteiger partial charge in [0.05, 0.1) is 13.2 Å². The molecule has 3 N–H and O–H groups in total. The van der Waals surface area contributed by atoms with E-state index in [0.717, 1.165) is 0 Å². The van der Waals surface area contributed by atoms with E-state index in [-0.39, 0.29) is 0 Å². The smallest absolute Gasteiger partial charge is 0.441 e. The molecule has 0 radical (unpaired) electrons. The SMILES string of the molecule is O=C(NS(=O)(=O)C(F)(F)F)OC(CO)CO. The molecule has 0 bridgehead atoms. The van der Waals surface area contributed by atoms with Crippen LogP contribution in [-0.4, -0.2) is 49.6 Å². The molecule has 0 saturated carbocycles. The molecule has 0 unspecified atom stereocenters. The molecule has 0 aromatic rings. The highest BCUT2D eigenvalue weighted by Gasteiger charge is 2.47. The molecule has 0 atom stereocenters. The number of nitrogens with one attached hydrogen (secondary N) is 1. The molecule has 0 aromatic carbocycles. The predicted molar refractivity (Wildman–Crippen MR) is 42.6 cm³/mol. The lowest BCUT2D eigenvalue weighted by atomic mass is 10.4. The third kappa shape index (κ3) is 4.20. The van der Waals surface area contributed by atoms with Crippen molar-refractivity contribution in [3.8, 4) is 0 Å². The zero-order valence-corrected chi connectivity index (χ0v) is 8.38. The van der Waals surface area contributed by atoms with Crippen molar-refractivity contribution < 1.29 is 41.3 Å². The maximum absolute atomic E-state index is 11.7. The Bertz CT molecular complexity index is 335. The number of amides is 1. The number of alkyl halides is 3. The average Bonchev–Trinajstić information content (AvgIpc) is 2.11. The molecule has 0 saturated heterocycles. The number of aliphatic hydroxyl groups is 2. The minimum absolute atomic E-state index is 0.559. The molecule has 11 heteroatoms. The van der Waals surface area contributed by atoms with Crippen LogP contribution in [0, 0.1) is 0 Å². The van der Waals surface area contributed by atoms with Gasteiger partial charge in [0.25, 0.3) is 0 Å². The summed E-state index contributed by atoms with van der Waals surface area (Å²) in [7, 11) is -5.85. The number of hydrogen-bond acceptors (Lipinski definition) is 6. The van der Waals surface area contributed by atoms with Crippen LogP contribution in [0.25, 0.3) is 0 Å². The molecule has 0 fully saturated rings. The number of aliphatic hydroxyl groups excluding tert-OH is 2. The number of carbonyl (C=O) groups excluding carboxylic acids is 1. The molecular formula is C5H8F3NO6S. The van der Waals surface area contributed by atoms with Crippen LogP contribution in [0.4, 0.5) is 18.0 Å². The summed E-state index contributed by atoms with van der Waals surface area (Å²) in [5.41, 5.74) is -5.65. The fourth-order valence-corrected chi connectivity index (χ4v) is 0.859. The van der Waals surface area contributed by atoms with Crippen molar-refractivity contribution in [3.63, 3.8) is 0 Å². The molecule has 0 rings (SSSR count). The molecule has 1 amide bonds. The fourth-order valence-electron chi connectivity index (χ4n) is 0.475. The Hall–Kier alpha value is -1.07. The largest absolute Gasteiger partial charge is 0.516 e. The topological polar surface area (TPSA) is 113 Å². The molecule has 0 heterocycles. The van der Waals surface area contributed by atoms with Crippen molar-refractivity contribution >= 4 is 16.1 Å². The third-order valence-electron chi connectivity index (χ3n) is 1.20. The van der Waals surface area contributed by atoms with Gasteiger partial charge in [-0.25, -0.2) is 9.52 Å². The Balaban J connectivity index is 4.48. The second-order valence-electron chi connectivity index (χ2n) is 2.44. The molecule has 0 aliphatic rings. The number of rotatable bonds is 4. The van der Waals surface area contributed by atoms with E-state index in [2.05, 4.69) is 4.74 Å². The summed E-state index contributed by atoms with van der Waals surface area (Å²) in [6.45, 7) is -1.73. The molecule has 0 aliphatic carbocycles. The Kier molecular flexibility index (Phi) is 4.96. The van der Waals surface area contributed by atoms with E-state index in [4.69, 9.17) is 10.2 Å². The van der Waals surface area contributed by atoms with Crippen molar-refractivity contribution in [2.75, 3.05) is 13.2 Å². The van der Waals surface area contributed by atoms with Crippen LogP contribution < -0.4 is 4.72 Å². The first-order valence-electron chi connectivity index (χ1n) is 3.65. The van der Waals surface area contributed by atoms with Crippen molar-refractivity contribution in [3.05, 3.63) is 0 Å². The lowest BCUT2D eigenvalue weighted by molar-refractivity contribution is -0.0451. The quantitative estimate of drug-likeness (QED) is 0.597. The average molecular weight is 267 g/mol. The summed E-state index contributed by atoms with van der Waals surface area (Å²) in [5, 5.41) is 16.8. The van der Waals surface area contributed by atoms with E-state index in [0.29, 0.717) is 4.72 Å². The first kappa shape index (κ1) is 14.9. The van der Waals surface area contributed by atoms with Gasteiger partial charge in [-0.2, -0.15) is 21.6 Å². The molecule has 0 spiro atoms. The molecule has 16 heavy (non-hydrogen) atoms. The number of hydrogen-bond donors (Lipinski definition) is 3. The summed E-state index contributed by atoms with van der Waals surface area (Å²) < 4.78 is 60.4. The Morgan fingerprint density at radius 3 is 2.06 bits per heavy atom. The van der Waals surface area contributed by atoms with Gasteiger partial charge in [0.2, 0.25) is 0 Å². The van der Waals surface area contributed by atoms with Crippen LogP contribution in [0.15, 0.2) is 0 Å². The standard InChI is InChI=1S/C5H8F3NO6S/c6-5(7,8)16(13,14)9-4(12)15-3(1-10)2-11/h3,10-11H,1-2H2,(H,9,12). The van der Waals surface area contributed by atoms with Crippen LogP contribution in [0.3, 0.4) is 0 Å². The molecule has 0 aliphatic heterocycles. The van der Waals surface area contributed by atoms with Gasteiger partial charge in [-0.1, -0.05) is 0 Å². The number of ether oxygens (including phenoxy) is 1. The van der Waals surface area contributed by atoms with E-state index >= 15 is 0 Å². The van der Waals surface area contributed by atoms with Crippen LogP contribution in [-0.2, 0) is 14.8 Å². The Morgan fingerprint density at radius 2 is 1.75 bits per heavy atom. The van der Waals surface area contributed by atoms with Gasteiger partial charge in [0, 0.05) is 0 Å². The van der Waals surface area contributed by atoms with Crippen molar-refractivity contribution in [2.45, 2.75) is 11.6 Å². The fraction of sp³-hybridized carbons (Fsp3) is 0.800. The highest BCUT2D eigenvalue weighted by atomic mass is 32.2. The van der Waals surface area contributed by atoms with E-state index in [1.807, 2.05) is 0 Å². The van der Waals surface area contributed by atoms with E-state index in [1.54, 1.807) is 0 Å². The van der Waals surface area contributed by atoms with Gasteiger partial charge in [0.15, 0.2) is 0 Å². The maximum atomic E-state index is 11.7. The highest BCUT2D eigenvalue weighted by Crippen LogP contribution is 2.21. The number of halogens is 3. The summed E-state index contributed by atoms with van der Waals surface area (Å²) in [4.78, 5) is 10.6. The highest BCUT2D eigenvalue weighted by molar-refractivity contribution is 7.90. The molecule has 0 aromatic heterocycles. The second-order valence-corrected chi connectivity index (χ2v) is 4.12. The van der Waals surface area contributed by atoms with E-state index in [1.165, 1.54) is 0 Å². The van der Waals surface area contributed by atoms with Crippen molar-refractivity contribution in [1.82, 2.24) is 4.72 Å². The maximum Gasteiger partial charge on any atom is 0.516 e. The Morgan fingerprint density at radius 1 is 1.31 bits per heavy atom. The number of carbonyl (C=O) groups is 1. The lowest BCUT2D eigenvalue weighted by Crippen LogP contribution is -2.42. The summed E-state index contributed by atoms with van der Waals surface area (Å²) in [5.74, 6) is 0. The van der Waals surface area contributed by atoms with Crippen LogP contribution in [0.2, 0.25) is 0 Å². The van der Waals surface area contributed by atoms with Gasteiger partial charge in [-0.3, -0.25) is 0 Å². The molecular weight excluding hydrogens is 259 g/mol. The first-order chi connectivity index (χ1) is 7.14. The zero-order valence-electron chi connectivity index (χ0n) is 7.56. The van der Waals surface area contributed by atoms with Gasteiger partial charge in [-0.05, 0) is 0 Å². The first-order valence-corrected chi connectivity index (χ1v) is 5.13. The van der Waals surface area contributed by atoms with Gasteiger partial charge in [-0.15, -0.1) is 0 Å². The van der Waals surface area contributed by atoms with Gasteiger partial charge in [0.1, 0.15) is 6.10 Å². The predicted octanol–water partition coefficient (Wildman–Crippen LogP) is -1.08. The van der Waals surface area contributed by atoms with Gasteiger partial charge < -0.3 is 14.9 Å². The van der Waals surface area contributed by atoms with Crippen molar-refractivity contribution in [1.29, 1.82) is 0 Å². The zero-order chi connectivity index (χ0) is 13.0. The molecule has 7 nitrogen and oxygen atoms in total. The van der Waals surface area contributed by atoms with Gasteiger partial charge >= 0.3 is 21.6 Å². The third-order valence-corrected chi connectivity index (χ3v) is 2.25. The Labute approximate surface area is 87.9 Å². The van der Waals surface area contributed by atoms with Crippen LogP contribution >= 0.6 is 0 Å². The minimum Gasteiger partial charge on any atom is -0.441 e. The van der Waals surface area contributed by atoms with Crippen LogP contribution in [0.1, 0.15) is 0 Å². The summed E-state index contributed by atoms with van der Waals surface area (Å²) >= 11 is 0. The molecule has 96 valence electrons. The van der Waals surface area contributed by atoms with E-state index < -0.39 is 40.9 Å². The van der Waals surface area contributed by atoms with E-state index in [9.17, 15) is 26.4 Å². The second kappa shape index (κ2) is 5.32. The normalized spacial score (nSPS) is 12.6. The monoisotopic (exact) mass is 267 g/mol. The lowest BCUT2D eigenvalue weighted by Gasteiger charge is -2.14. The van der Waals surface area contributed by atoms with Crippen molar-refractivity contribution in [2.24, 2.45) is 0 Å². The number of sulfonamides is 1. The summed E-state index contributed by atoms with van der Waals surface area (Å²) in [6, 6.07) is 0. The minimum atomic E-state index is -5.85.